The van der Waals surface area contributed by atoms with Gasteiger partial charge in [0.25, 0.3) is 6.08 Å². The van der Waals surface area contributed by atoms with Crippen LogP contribution in [0.2, 0.25) is 0 Å². The number of halogens is 8. The third-order valence-corrected chi connectivity index (χ3v) is 6.03. The van der Waals surface area contributed by atoms with Crippen LogP contribution in [0.5, 0.6) is 0 Å². The molecule has 4 rings (SSSR count). The van der Waals surface area contributed by atoms with E-state index in [0.29, 0.717) is 5.82 Å². The van der Waals surface area contributed by atoms with E-state index in [1.54, 1.807) is 6.20 Å². The molecule has 0 radical (unpaired) electrons. The first-order valence-electron chi connectivity index (χ1n) is 12.9. The Bertz CT molecular complexity index is 1550. The first-order chi connectivity index (χ1) is 21.4. The number of pyridine rings is 1. The van der Waals surface area contributed by atoms with E-state index in [1.165, 1.54) is 16.6 Å². The lowest BCUT2D eigenvalue weighted by Crippen LogP contribution is -2.43. The Hall–Kier alpha value is -4.85. The van der Waals surface area contributed by atoms with E-state index in [4.69, 9.17) is 25.5 Å². The Morgan fingerprint density at radius 2 is 1.48 bits per heavy atom. The molecule has 3 aromatic rings. The van der Waals surface area contributed by atoms with Crippen LogP contribution in [0.4, 0.5) is 40.8 Å². The van der Waals surface area contributed by atoms with Crippen LogP contribution in [0.15, 0.2) is 59.3 Å². The largest absolute Gasteiger partial charge is 0.490 e. The summed E-state index contributed by atoms with van der Waals surface area (Å²) in [5.74, 6) is -5.11. The molecule has 0 unspecified atom stereocenters. The summed E-state index contributed by atoms with van der Waals surface area (Å²) in [6.07, 6.45) is -9.09. The van der Waals surface area contributed by atoms with Crippen molar-refractivity contribution in [2.24, 2.45) is 5.73 Å². The summed E-state index contributed by atoms with van der Waals surface area (Å²) in [6.45, 7) is 5.07. The van der Waals surface area contributed by atoms with Crippen molar-refractivity contribution >= 4 is 17.6 Å². The van der Waals surface area contributed by atoms with E-state index in [2.05, 4.69) is 44.6 Å². The Labute approximate surface area is 254 Å². The molecule has 1 aliphatic rings. The lowest BCUT2D eigenvalue weighted by atomic mass is 10.1. The minimum atomic E-state index is -5.08. The molecule has 0 saturated carbocycles. The van der Waals surface area contributed by atoms with E-state index in [0.717, 1.165) is 47.6 Å². The number of aryl methyl sites for hydroxylation is 1. The summed E-state index contributed by atoms with van der Waals surface area (Å²) in [6, 6.07) is 10.3. The molecule has 1 aliphatic heterocycles. The number of benzene rings is 1. The van der Waals surface area contributed by atoms with Gasteiger partial charge in [0, 0.05) is 55.7 Å². The van der Waals surface area contributed by atoms with Crippen LogP contribution in [-0.4, -0.2) is 86.6 Å². The third-order valence-electron chi connectivity index (χ3n) is 6.03. The second-order valence-electron chi connectivity index (χ2n) is 9.26. The molecule has 0 atom stereocenters. The Morgan fingerprint density at radius 1 is 0.957 bits per heavy atom. The second kappa shape index (κ2) is 15.9. The van der Waals surface area contributed by atoms with Gasteiger partial charge in [-0.25, -0.2) is 28.6 Å². The number of nitrogens with zero attached hydrogens (tertiary/aromatic N) is 5. The smallest absolute Gasteiger partial charge is 0.475 e. The van der Waals surface area contributed by atoms with E-state index in [1.807, 2.05) is 13.0 Å². The highest BCUT2D eigenvalue weighted by Crippen LogP contribution is 2.25. The van der Waals surface area contributed by atoms with Crippen molar-refractivity contribution in [2.75, 3.05) is 37.6 Å². The van der Waals surface area contributed by atoms with Gasteiger partial charge in [0.15, 0.2) is 0 Å². The minimum absolute atomic E-state index is 0.332. The summed E-state index contributed by atoms with van der Waals surface area (Å²) in [5, 5.41) is 21.5. The summed E-state index contributed by atoms with van der Waals surface area (Å²) in [7, 11) is 0. The maximum atomic E-state index is 12.9. The Morgan fingerprint density at radius 3 is 1.91 bits per heavy atom. The number of nitrogens with one attached hydrogen (secondary N) is 1. The van der Waals surface area contributed by atoms with Crippen LogP contribution < -0.4 is 21.6 Å². The number of hydrogen-bond acceptors (Lipinski definition) is 8. The molecule has 1 aromatic carbocycles. The van der Waals surface area contributed by atoms with Gasteiger partial charge in [0.2, 0.25) is 0 Å². The number of carbonyl (C=O) groups is 2. The second-order valence-corrected chi connectivity index (χ2v) is 9.26. The van der Waals surface area contributed by atoms with Crippen LogP contribution in [0.3, 0.4) is 0 Å². The molecule has 20 heteroatoms. The molecule has 0 spiro atoms. The van der Waals surface area contributed by atoms with Gasteiger partial charge in [-0.1, -0.05) is 12.1 Å². The van der Waals surface area contributed by atoms with Gasteiger partial charge in [-0.3, -0.25) is 0 Å². The number of piperazine rings is 1. The van der Waals surface area contributed by atoms with Crippen molar-refractivity contribution in [3.05, 3.63) is 70.6 Å². The maximum Gasteiger partial charge on any atom is 0.490 e. The van der Waals surface area contributed by atoms with Crippen molar-refractivity contribution in [1.29, 1.82) is 0 Å². The topological polar surface area (TPSA) is 169 Å². The molecule has 2 aromatic heterocycles. The lowest BCUT2D eigenvalue weighted by Gasteiger charge is -2.29. The van der Waals surface area contributed by atoms with E-state index in [-0.39, 0.29) is 18.7 Å². The highest BCUT2D eigenvalue weighted by Gasteiger charge is 2.38. The normalized spacial score (nSPS) is 13.1. The molecule has 0 bridgehead atoms. The van der Waals surface area contributed by atoms with Gasteiger partial charge in [0.1, 0.15) is 12.1 Å². The van der Waals surface area contributed by atoms with Gasteiger partial charge in [-0.05, 0) is 36.2 Å². The molecule has 1 fully saturated rings. The molecular weight excluding hydrogens is 642 g/mol. The van der Waals surface area contributed by atoms with E-state index >= 15 is 0 Å². The number of anilines is 1. The van der Waals surface area contributed by atoms with Gasteiger partial charge in [-0.15, -0.1) is 0 Å². The molecule has 252 valence electrons. The lowest BCUT2D eigenvalue weighted by molar-refractivity contribution is -0.193. The SMILES string of the molecule is Cc1cc(-c2ccc(N3CCNCC3)cc2)cnc1-n1cnn(CC(CN)=C(F)F)c1=O.O=C(O)C(F)(F)F.O=C(O)C(F)(F)F. The molecule has 0 aliphatic carbocycles. The number of hydrogen-bond donors (Lipinski definition) is 4. The fraction of sp³-hybridized carbons (Fsp3) is 0.346. The zero-order valence-electron chi connectivity index (χ0n) is 23.7. The fourth-order valence-electron chi connectivity index (χ4n) is 3.74. The molecule has 1 saturated heterocycles. The van der Waals surface area contributed by atoms with Crippen LogP contribution >= 0.6 is 0 Å². The van der Waals surface area contributed by atoms with Crippen LogP contribution in [0.1, 0.15) is 5.56 Å². The van der Waals surface area contributed by atoms with Crippen LogP contribution in [-0.2, 0) is 16.1 Å². The molecule has 46 heavy (non-hydrogen) atoms. The van der Waals surface area contributed by atoms with Crippen molar-refractivity contribution in [3.63, 3.8) is 0 Å². The first kappa shape index (κ1) is 37.3. The summed E-state index contributed by atoms with van der Waals surface area (Å²) in [4.78, 5) is 37.2. The number of carboxylic acids is 2. The summed E-state index contributed by atoms with van der Waals surface area (Å²) < 4.78 is 91.4. The molecular formula is C26H27F8N7O5. The van der Waals surface area contributed by atoms with Gasteiger partial charge >= 0.3 is 30.0 Å². The maximum absolute atomic E-state index is 12.9. The monoisotopic (exact) mass is 669 g/mol. The molecule has 5 N–H and O–H groups in total. The standard InChI is InChI=1S/C22H25F2N7O.2C2HF3O2/c1-15-10-17(16-2-4-19(5-3-16)29-8-6-26-7-9-29)12-27-21(15)30-14-28-31(22(30)32)13-18(11-25)20(23)24;2*3-2(4,5)1(6)7/h2-5,10,12,14,26H,6-9,11,13,25H2,1H3;2*(H,6,7). The molecule has 12 nitrogen and oxygen atoms in total. The average molecular weight is 670 g/mol. The summed E-state index contributed by atoms with van der Waals surface area (Å²) >= 11 is 0. The predicted molar refractivity (Wildman–Crippen MR) is 147 cm³/mol. The van der Waals surface area contributed by atoms with Gasteiger partial charge in [0.05, 0.1) is 6.54 Å². The molecule has 0 amide bonds. The number of carboxylic acid groups (broad SMARTS) is 2. The van der Waals surface area contributed by atoms with E-state index < -0.39 is 36.1 Å². The quantitative estimate of drug-likeness (QED) is 0.286. The van der Waals surface area contributed by atoms with Gasteiger partial charge in [-0.2, -0.15) is 40.2 Å². The first-order valence-corrected chi connectivity index (χ1v) is 12.9. The Kier molecular flexibility index (Phi) is 12.9. The van der Waals surface area contributed by atoms with Gasteiger partial charge < -0.3 is 26.2 Å². The highest BCUT2D eigenvalue weighted by molar-refractivity contribution is 5.73. The zero-order valence-corrected chi connectivity index (χ0v) is 23.7. The summed E-state index contributed by atoms with van der Waals surface area (Å²) in [5.41, 5.74) is 8.34. The van der Waals surface area contributed by atoms with Crippen molar-refractivity contribution in [2.45, 2.75) is 25.8 Å². The number of alkyl halides is 6. The number of aliphatic carboxylic acids is 2. The minimum Gasteiger partial charge on any atom is -0.475 e. The number of nitrogens with two attached hydrogens (primary N) is 1. The fourth-order valence-corrected chi connectivity index (χ4v) is 3.74. The number of rotatable bonds is 6. The third kappa shape index (κ3) is 10.6. The zero-order chi connectivity index (χ0) is 34.8. The van der Waals surface area contributed by atoms with Crippen LogP contribution in [0, 0.1) is 6.92 Å². The Balaban J connectivity index is 0.000000440. The predicted octanol–water partition coefficient (Wildman–Crippen LogP) is 3.19. The highest BCUT2D eigenvalue weighted by atomic mass is 19.4. The van der Waals surface area contributed by atoms with Crippen molar-refractivity contribution in [3.8, 4) is 16.9 Å². The molecule has 3 heterocycles. The average Bonchev–Trinajstić information content (AvgIpc) is 3.35. The van der Waals surface area contributed by atoms with Crippen molar-refractivity contribution in [1.82, 2.24) is 24.6 Å². The number of aromatic nitrogens is 4. The van der Waals surface area contributed by atoms with E-state index in [9.17, 15) is 39.9 Å². The van der Waals surface area contributed by atoms with Crippen molar-refractivity contribution < 1.29 is 54.9 Å². The van der Waals surface area contributed by atoms with Crippen LogP contribution in [0.25, 0.3) is 16.9 Å².